The second kappa shape index (κ2) is 10.7. The number of fused-ring (bicyclic) bond motifs is 3. The zero-order chi connectivity index (χ0) is 22.3. The summed E-state index contributed by atoms with van der Waals surface area (Å²) in [6.07, 6.45) is 7.52. The minimum absolute atomic E-state index is 0.0711. The van der Waals surface area contributed by atoms with E-state index in [0.717, 1.165) is 32.2 Å². The molecule has 0 saturated carbocycles. The fraction of sp³-hybridized carbons (Fsp3) is 0.667. The minimum atomic E-state index is -1.26. The Morgan fingerprint density at radius 1 is 1.33 bits per heavy atom. The lowest BCUT2D eigenvalue weighted by Gasteiger charge is -2.22. The molecule has 5 atom stereocenters. The molecule has 2 heterocycles. The number of carbonyl (C=O) groups is 3. The maximum absolute atomic E-state index is 12.3. The lowest BCUT2D eigenvalue weighted by molar-refractivity contribution is -0.144. The second-order valence-electron chi connectivity index (χ2n) is 8.15. The number of carboxylic acid groups (broad SMARTS) is 2. The third kappa shape index (κ3) is 6.65. The number of carbonyl (C=O) groups excluding carboxylic acids is 1. The molecule has 0 aromatic carbocycles. The van der Waals surface area contributed by atoms with E-state index in [0.29, 0.717) is 25.2 Å². The molecular weight excluding hydrogens is 392 g/mol. The molecule has 9 heteroatoms. The van der Waals surface area contributed by atoms with Crippen LogP contribution in [0.1, 0.15) is 39.5 Å². The summed E-state index contributed by atoms with van der Waals surface area (Å²) in [6.45, 7) is 6.31. The molecule has 0 spiro atoms. The zero-order valence-electron chi connectivity index (χ0n) is 17.5. The predicted octanol–water partition coefficient (Wildman–Crippen LogP) is 1.08. The number of rotatable bonds is 6. The summed E-state index contributed by atoms with van der Waals surface area (Å²) in [6, 6.07) is 0. The van der Waals surface area contributed by atoms with Crippen molar-refractivity contribution in [1.82, 2.24) is 5.32 Å². The Morgan fingerprint density at radius 3 is 2.60 bits per heavy atom. The number of allylic oxidation sites excluding steroid dienone is 2. The summed E-state index contributed by atoms with van der Waals surface area (Å²) in [5, 5.41) is 18.9. The van der Waals surface area contributed by atoms with Gasteiger partial charge in [-0.25, -0.2) is 9.59 Å². The molecule has 0 amide bonds. The molecule has 30 heavy (non-hydrogen) atoms. The van der Waals surface area contributed by atoms with Crippen LogP contribution in [0.2, 0.25) is 0 Å². The SMILES string of the molecule is C/C1=C\CC[C@@]2(C)O[C@H]2[C@H]2OC(=O)[C@@H](CNCCN)[C@@H]2CC1.O=C(O)/C=C/C(=O)O. The summed E-state index contributed by atoms with van der Waals surface area (Å²) in [7, 11) is 0. The molecule has 3 rings (SSSR count). The summed E-state index contributed by atoms with van der Waals surface area (Å²) in [5.41, 5.74) is 6.82. The maximum atomic E-state index is 12.3. The number of carboxylic acids is 2. The van der Waals surface area contributed by atoms with E-state index in [1.807, 2.05) is 0 Å². The van der Waals surface area contributed by atoms with E-state index >= 15 is 0 Å². The van der Waals surface area contributed by atoms with Crippen molar-refractivity contribution in [3.8, 4) is 0 Å². The number of esters is 1. The quantitative estimate of drug-likeness (QED) is 0.161. The fourth-order valence-corrected chi connectivity index (χ4v) is 4.07. The Balaban J connectivity index is 0.000000343. The van der Waals surface area contributed by atoms with Crippen LogP contribution in [0.25, 0.3) is 0 Å². The van der Waals surface area contributed by atoms with Gasteiger partial charge in [-0.05, 0) is 39.5 Å². The highest BCUT2D eigenvalue weighted by molar-refractivity contribution is 5.89. The molecule has 9 nitrogen and oxygen atoms in total. The first-order valence-corrected chi connectivity index (χ1v) is 10.3. The van der Waals surface area contributed by atoms with E-state index in [9.17, 15) is 14.4 Å². The molecule has 0 radical (unpaired) electrons. The number of epoxide rings is 1. The molecule has 168 valence electrons. The van der Waals surface area contributed by atoms with Gasteiger partial charge in [0, 0.05) is 37.7 Å². The smallest absolute Gasteiger partial charge is 0.328 e. The number of hydrogen-bond acceptors (Lipinski definition) is 7. The van der Waals surface area contributed by atoms with Crippen LogP contribution in [-0.4, -0.2) is 65.6 Å². The normalized spacial score (nSPS) is 34.5. The van der Waals surface area contributed by atoms with Crippen LogP contribution in [0.3, 0.4) is 0 Å². The van der Waals surface area contributed by atoms with Gasteiger partial charge in [0.25, 0.3) is 0 Å². The summed E-state index contributed by atoms with van der Waals surface area (Å²) >= 11 is 0. The van der Waals surface area contributed by atoms with Crippen molar-refractivity contribution in [3.63, 3.8) is 0 Å². The highest BCUT2D eigenvalue weighted by Gasteiger charge is 2.62. The van der Waals surface area contributed by atoms with E-state index < -0.39 is 11.9 Å². The first-order valence-electron chi connectivity index (χ1n) is 10.3. The molecule has 0 aromatic rings. The van der Waals surface area contributed by atoms with Crippen molar-refractivity contribution in [2.24, 2.45) is 17.6 Å². The van der Waals surface area contributed by atoms with Crippen molar-refractivity contribution < 1.29 is 34.1 Å². The molecule has 1 aliphatic carbocycles. The Kier molecular flexibility index (Phi) is 8.57. The van der Waals surface area contributed by atoms with Crippen molar-refractivity contribution in [1.29, 1.82) is 0 Å². The number of ether oxygens (including phenoxy) is 2. The standard InChI is InChI=1S/C17H28N2O3.C4H4O4/c1-11-4-3-7-17(2)15(22-17)14-12(6-5-11)13(16(20)21-14)10-19-9-8-18;5-3(6)1-2-4(7)8/h4,12-15,19H,3,5-10,18H2,1-2H3;1-2H,(H,5,6)(H,7,8)/b11-4+;2-1+/t12-,13-,14-,15-,17+;/m0./s1. The number of nitrogens with one attached hydrogen (secondary N) is 1. The Bertz CT molecular complexity index is 689. The highest BCUT2D eigenvalue weighted by Crippen LogP contribution is 2.50. The second-order valence-corrected chi connectivity index (χ2v) is 8.15. The van der Waals surface area contributed by atoms with E-state index in [4.69, 9.17) is 25.4 Å². The molecule has 3 aliphatic rings. The van der Waals surface area contributed by atoms with Gasteiger partial charge in [0.15, 0.2) is 0 Å². The highest BCUT2D eigenvalue weighted by atomic mass is 16.6. The van der Waals surface area contributed by atoms with Gasteiger partial charge in [-0.2, -0.15) is 0 Å². The van der Waals surface area contributed by atoms with Crippen LogP contribution in [0.4, 0.5) is 0 Å². The molecule has 5 N–H and O–H groups in total. The summed E-state index contributed by atoms with van der Waals surface area (Å²) in [5.74, 6) is -2.42. The van der Waals surface area contributed by atoms with Gasteiger partial charge in [-0.3, -0.25) is 4.79 Å². The molecule has 0 unspecified atom stereocenters. The zero-order valence-corrected chi connectivity index (χ0v) is 17.5. The maximum Gasteiger partial charge on any atom is 0.328 e. The summed E-state index contributed by atoms with van der Waals surface area (Å²) < 4.78 is 11.7. The van der Waals surface area contributed by atoms with E-state index in [1.165, 1.54) is 5.57 Å². The Labute approximate surface area is 176 Å². The first kappa shape index (κ1) is 24.0. The third-order valence-corrected chi connectivity index (χ3v) is 5.79. The lowest BCUT2D eigenvalue weighted by Crippen LogP contribution is -2.35. The Morgan fingerprint density at radius 2 is 2.00 bits per heavy atom. The van der Waals surface area contributed by atoms with E-state index in [-0.39, 0.29) is 35.6 Å². The average molecular weight is 424 g/mol. The van der Waals surface area contributed by atoms with E-state index in [2.05, 4.69) is 25.2 Å². The van der Waals surface area contributed by atoms with Crippen LogP contribution < -0.4 is 11.1 Å². The molecule has 2 fully saturated rings. The van der Waals surface area contributed by atoms with Crippen molar-refractivity contribution in [3.05, 3.63) is 23.8 Å². The van der Waals surface area contributed by atoms with Crippen molar-refractivity contribution in [2.45, 2.75) is 57.3 Å². The molecule has 2 aliphatic heterocycles. The number of aliphatic carboxylic acids is 2. The van der Waals surface area contributed by atoms with Crippen LogP contribution in [-0.2, 0) is 23.9 Å². The van der Waals surface area contributed by atoms with Crippen molar-refractivity contribution >= 4 is 17.9 Å². The molecular formula is C21H32N2O7. The van der Waals surface area contributed by atoms with Crippen LogP contribution in [0.5, 0.6) is 0 Å². The van der Waals surface area contributed by atoms with Gasteiger partial charge < -0.3 is 30.7 Å². The summed E-state index contributed by atoms with van der Waals surface area (Å²) in [4.78, 5) is 31.4. The van der Waals surface area contributed by atoms with Gasteiger partial charge in [0.2, 0.25) is 0 Å². The number of hydrogen-bond donors (Lipinski definition) is 4. The largest absolute Gasteiger partial charge is 0.478 e. The van der Waals surface area contributed by atoms with Gasteiger partial charge in [0.1, 0.15) is 12.2 Å². The molecule has 0 aromatic heterocycles. The molecule has 0 bridgehead atoms. The van der Waals surface area contributed by atoms with Crippen LogP contribution in [0.15, 0.2) is 23.8 Å². The van der Waals surface area contributed by atoms with Gasteiger partial charge >= 0.3 is 17.9 Å². The predicted molar refractivity (Wildman–Crippen MR) is 109 cm³/mol. The minimum Gasteiger partial charge on any atom is -0.478 e. The van der Waals surface area contributed by atoms with Crippen LogP contribution >= 0.6 is 0 Å². The fourth-order valence-electron chi connectivity index (χ4n) is 4.07. The van der Waals surface area contributed by atoms with Gasteiger partial charge in [-0.15, -0.1) is 0 Å². The lowest BCUT2D eigenvalue weighted by atomic mass is 9.80. The topological polar surface area (TPSA) is 151 Å². The first-order chi connectivity index (χ1) is 14.2. The average Bonchev–Trinajstić information content (AvgIpc) is 3.24. The Hall–Kier alpha value is -2.23. The monoisotopic (exact) mass is 424 g/mol. The third-order valence-electron chi connectivity index (χ3n) is 5.79. The van der Waals surface area contributed by atoms with Crippen LogP contribution in [0, 0.1) is 11.8 Å². The van der Waals surface area contributed by atoms with Gasteiger partial charge in [0.05, 0.1) is 11.5 Å². The number of nitrogens with two attached hydrogens (primary N) is 1. The van der Waals surface area contributed by atoms with Crippen molar-refractivity contribution in [2.75, 3.05) is 19.6 Å². The van der Waals surface area contributed by atoms with E-state index in [1.54, 1.807) is 0 Å². The van der Waals surface area contributed by atoms with Gasteiger partial charge in [-0.1, -0.05) is 11.6 Å². The molecule has 2 saturated heterocycles.